The van der Waals surface area contributed by atoms with Crippen LogP contribution < -0.4 is 5.32 Å². The summed E-state index contributed by atoms with van der Waals surface area (Å²) >= 11 is 1.94. The van der Waals surface area contributed by atoms with E-state index in [0.717, 1.165) is 12.5 Å². The van der Waals surface area contributed by atoms with Crippen LogP contribution in [-0.4, -0.2) is 18.1 Å². The molecule has 0 spiro atoms. The first-order valence-corrected chi connectivity index (χ1v) is 6.84. The molecule has 2 aliphatic rings. The van der Waals surface area contributed by atoms with E-state index in [9.17, 15) is 0 Å². The van der Waals surface area contributed by atoms with E-state index in [4.69, 9.17) is 4.98 Å². The van der Waals surface area contributed by atoms with Crippen LogP contribution in [0, 0.1) is 6.92 Å². The third-order valence-electron chi connectivity index (χ3n) is 3.46. The van der Waals surface area contributed by atoms with Crippen molar-refractivity contribution in [1.29, 1.82) is 0 Å². The SMILES string of the molecule is Cc1sc(C2CCCNC2)nc1C1CC1. The van der Waals surface area contributed by atoms with Crippen LogP contribution in [0.1, 0.15) is 53.1 Å². The molecule has 0 aromatic carbocycles. The van der Waals surface area contributed by atoms with Gasteiger partial charge in [-0.2, -0.15) is 0 Å². The smallest absolute Gasteiger partial charge is 0.0974 e. The number of thiazole rings is 1. The average molecular weight is 222 g/mol. The number of aromatic nitrogens is 1. The van der Waals surface area contributed by atoms with E-state index in [0.29, 0.717) is 5.92 Å². The molecule has 3 heteroatoms. The van der Waals surface area contributed by atoms with Gasteiger partial charge in [-0.05, 0) is 39.2 Å². The van der Waals surface area contributed by atoms with E-state index in [1.165, 1.54) is 47.8 Å². The average Bonchev–Trinajstić information content (AvgIpc) is 3.04. The number of piperidine rings is 1. The fourth-order valence-corrected chi connectivity index (χ4v) is 3.54. The van der Waals surface area contributed by atoms with Gasteiger partial charge in [0, 0.05) is 23.3 Å². The zero-order valence-electron chi connectivity index (χ0n) is 9.25. The van der Waals surface area contributed by atoms with Crippen molar-refractivity contribution in [3.63, 3.8) is 0 Å². The van der Waals surface area contributed by atoms with Crippen molar-refractivity contribution >= 4 is 11.3 Å². The molecule has 1 saturated carbocycles. The summed E-state index contributed by atoms with van der Waals surface area (Å²) in [4.78, 5) is 6.34. The highest BCUT2D eigenvalue weighted by Gasteiger charge is 2.29. The Bertz CT molecular complexity index is 349. The van der Waals surface area contributed by atoms with Crippen LogP contribution in [0.5, 0.6) is 0 Å². The third kappa shape index (κ3) is 1.95. The Morgan fingerprint density at radius 1 is 1.27 bits per heavy atom. The van der Waals surface area contributed by atoms with Crippen LogP contribution >= 0.6 is 11.3 Å². The Hall–Kier alpha value is -0.410. The standard InChI is InChI=1S/C12H18N2S/c1-8-11(9-4-5-9)14-12(15-8)10-3-2-6-13-7-10/h9-10,13H,2-7H2,1H3. The molecule has 1 aliphatic carbocycles. The van der Waals surface area contributed by atoms with Crippen molar-refractivity contribution in [2.24, 2.45) is 0 Å². The molecular formula is C12H18N2S. The molecular weight excluding hydrogens is 204 g/mol. The van der Waals surface area contributed by atoms with Crippen LogP contribution in [-0.2, 0) is 0 Å². The van der Waals surface area contributed by atoms with E-state index < -0.39 is 0 Å². The molecule has 2 nitrogen and oxygen atoms in total. The van der Waals surface area contributed by atoms with Crippen LogP contribution in [0.2, 0.25) is 0 Å². The Morgan fingerprint density at radius 3 is 2.80 bits per heavy atom. The van der Waals surface area contributed by atoms with Gasteiger partial charge in [0.1, 0.15) is 0 Å². The van der Waals surface area contributed by atoms with Gasteiger partial charge in [0.25, 0.3) is 0 Å². The molecule has 0 amide bonds. The molecule has 0 radical (unpaired) electrons. The van der Waals surface area contributed by atoms with Gasteiger partial charge in [0.15, 0.2) is 0 Å². The summed E-state index contributed by atoms with van der Waals surface area (Å²) in [5.41, 5.74) is 1.42. The maximum atomic E-state index is 4.87. The molecule has 1 aromatic heterocycles. The van der Waals surface area contributed by atoms with Gasteiger partial charge < -0.3 is 5.32 Å². The topological polar surface area (TPSA) is 24.9 Å². The molecule has 2 heterocycles. The van der Waals surface area contributed by atoms with Crippen LogP contribution in [0.4, 0.5) is 0 Å². The largest absolute Gasteiger partial charge is 0.316 e. The maximum Gasteiger partial charge on any atom is 0.0974 e. The van der Waals surface area contributed by atoms with Gasteiger partial charge in [0.2, 0.25) is 0 Å². The number of hydrogen-bond acceptors (Lipinski definition) is 3. The third-order valence-corrected chi connectivity index (χ3v) is 4.61. The summed E-state index contributed by atoms with van der Waals surface area (Å²) in [6.07, 6.45) is 5.37. The number of aryl methyl sites for hydroxylation is 1. The monoisotopic (exact) mass is 222 g/mol. The van der Waals surface area contributed by atoms with Crippen molar-refractivity contribution in [3.8, 4) is 0 Å². The molecule has 0 bridgehead atoms. The lowest BCUT2D eigenvalue weighted by Gasteiger charge is -2.20. The number of nitrogens with zero attached hydrogens (tertiary/aromatic N) is 1. The summed E-state index contributed by atoms with van der Waals surface area (Å²) in [6.45, 7) is 4.57. The minimum absolute atomic E-state index is 0.690. The minimum Gasteiger partial charge on any atom is -0.316 e. The summed E-state index contributed by atoms with van der Waals surface area (Å²) in [7, 11) is 0. The molecule has 2 fully saturated rings. The summed E-state index contributed by atoms with van der Waals surface area (Å²) in [5, 5.41) is 4.86. The van der Waals surface area contributed by atoms with Gasteiger partial charge in [0.05, 0.1) is 10.7 Å². The van der Waals surface area contributed by atoms with Crippen molar-refractivity contribution in [1.82, 2.24) is 10.3 Å². The molecule has 82 valence electrons. The number of nitrogens with one attached hydrogen (secondary N) is 1. The highest BCUT2D eigenvalue weighted by atomic mass is 32.1. The zero-order chi connectivity index (χ0) is 10.3. The molecule has 1 unspecified atom stereocenters. The van der Waals surface area contributed by atoms with E-state index in [1.807, 2.05) is 11.3 Å². The van der Waals surface area contributed by atoms with E-state index in [-0.39, 0.29) is 0 Å². The Kier molecular flexibility index (Phi) is 2.53. The highest BCUT2D eigenvalue weighted by Crippen LogP contribution is 2.43. The fraction of sp³-hybridized carbons (Fsp3) is 0.750. The summed E-state index contributed by atoms with van der Waals surface area (Å²) < 4.78 is 0. The number of hydrogen-bond donors (Lipinski definition) is 1. The lowest BCUT2D eigenvalue weighted by atomic mass is 10.0. The molecule has 1 aromatic rings. The Labute approximate surface area is 95.1 Å². The summed E-state index contributed by atoms with van der Waals surface area (Å²) in [6, 6.07) is 0. The van der Waals surface area contributed by atoms with Gasteiger partial charge in [-0.15, -0.1) is 11.3 Å². The van der Waals surface area contributed by atoms with Crippen molar-refractivity contribution in [2.75, 3.05) is 13.1 Å². The van der Waals surface area contributed by atoms with E-state index in [2.05, 4.69) is 12.2 Å². The number of rotatable bonds is 2. The van der Waals surface area contributed by atoms with Crippen LogP contribution in [0.25, 0.3) is 0 Å². The summed E-state index contributed by atoms with van der Waals surface area (Å²) in [5.74, 6) is 1.50. The lowest BCUT2D eigenvalue weighted by Crippen LogP contribution is -2.28. The normalized spacial score (nSPS) is 26.9. The second kappa shape index (κ2) is 3.87. The van der Waals surface area contributed by atoms with Crippen LogP contribution in [0.3, 0.4) is 0 Å². The van der Waals surface area contributed by atoms with Crippen molar-refractivity contribution < 1.29 is 0 Å². The highest BCUT2D eigenvalue weighted by molar-refractivity contribution is 7.11. The first-order valence-electron chi connectivity index (χ1n) is 6.02. The minimum atomic E-state index is 0.690. The van der Waals surface area contributed by atoms with E-state index >= 15 is 0 Å². The van der Waals surface area contributed by atoms with Gasteiger partial charge >= 0.3 is 0 Å². The maximum absolute atomic E-state index is 4.87. The predicted octanol–water partition coefficient (Wildman–Crippen LogP) is 2.80. The Balaban J connectivity index is 1.81. The molecule has 15 heavy (non-hydrogen) atoms. The van der Waals surface area contributed by atoms with Gasteiger partial charge in [-0.3, -0.25) is 0 Å². The van der Waals surface area contributed by atoms with Crippen LogP contribution in [0.15, 0.2) is 0 Å². The first-order chi connectivity index (χ1) is 7.34. The predicted molar refractivity (Wildman–Crippen MR) is 63.7 cm³/mol. The molecule has 1 atom stereocenters. The Morgan fingerprint density at radius 2 is 2.13 bits per heavy atom. The second-order valence-electron chi connectivity index (χ2n) is 4.81. The molecule has 3 rings (SSSR count). The molecule has 1 N–H and O–H groups in total. The first kappa shape index (κ1) is 9.79. The van der Waals surface area contributed by atoms with Gasteiger partial charge in [-0.1, -0.05) is 0 Å². The zero-order valence-corrected chi connectivity index (χ0v) is 10.1. The van der Waals surface area contributed by atoms with Crippen molar-refractivity contribution in [3.05, 3.63) is 15.6 Å². The molecule has 1 saturated heterocycles. The van der Waals surface area contributed by atoms with E-state index in [1.54, 1.807) is 0 Å². The fourth-order valence-electron chi connectivity index (χ4n) is 2.40. The molecule has 1 aliphatic heterocycles. The second-order valence-corrected chi connectivity index (χ2v) is 6.05. The van der Waals surface area contributed by atoms with Gasteiger partial charge in [-0.25, -0.2) is 4.98 Å². The lowest BCUT2D eigenvalue weighted by molar-refractivity contribution is 0.460. The quantitative estimate of drug-likeness (QED) is 0.832. The van der Waals surface area contributed by atoms with Crippen molar-refractivity contribution in [2.45, 2.75) is 44.4 Å².